The van der Waals surface area contributed by atoms with Crippen LogP contribution in [-0.4, -0.2) is 156 Å². The predicted molar refractivity (Wildman–Crippen MR) is 151 cm³/mol. The predicted octanol–water partition coefficient (Wildman–Crippen LogP) is -0.370. The van der Waals surface area contributed by atoms with Gasteiger partial charge < -0.3 is 53.4 Å². The molecule has 0 rings (SSSR count). The van der Waals surface area contributed by atoms with Crippen LogP contribution in [0.1, 0.15) is 26.2 Å². The largest absolute Gasteiger partial charge is 0.382 e. The Bertz CT molecular complexity index is 629. The van der Waals surface area contributed by atoms with Crippen LogP contribution in [0.25, 0.3) is 0 Å². The molecule has 0 aliphatic rings. The van der Waals surface area contributed by atoms with Crippen LogP contribution in [0.3, 0.4) is 0 Å². The summed E-state index contributed by atoms with van der Waals surface area (Å²) in [4.78, 5) is 37.9. The van der Waals surface area contributed by atoms with Crippen molar-refractivity contribution in [2.24, 2.45) is 0 Å². The van der Waals surface area contributed by atoms with Gasteiger partial charge in [0.15, 0.2) is 0 Å². The molecule has 242 valence electrons. The number of amides is 3. The molecule has 0 aromatic heterocycles. The molecule has 14 nitrogen and oxygen atoms in total. The molecule has 0 unspecified atom stereocenters. The monoisotopic (exact) mass is 595 g/mol. The Hall–Kier alpha value is -1.91. The quantitative estimate of drug-likeness (QED) is 0.101. The summed E-state index contributed by atoms with van der Waals surface area (Å²) in [5, 5.41) is 5.53. The minimum atomic E-state index is -0.277. The second-order valence-electron chi connectivity index (χ2n) is 8.63. The number of methoxy groups -OCH3 is 2. The van der Waals surface area contributed by atoms with Crippen LogP contribution in [0, 0.1) is 0 Å². The molecular weight excluding hydrogens is 542 g/mol. The van der Waals surface area contributed by atoms with E-state index in [0.717, 1.165) is 0 Å². The van der Waals surface area contributed by atoms with Gasteiger partial charge in [0.05, 0.1) is 99.0 Å². The maximum atomic E-state index is 12.3. The van der Waals surface area contributed by atoms with E-state index in [1.165, 1.54) is 4.90 Å². The molecule has 3 amide bonds. The Balaban J connectivity index is 3.74. The van der Waals surface area contributed by atoms with Gasteiger partial charge >= 0.3 is 0 Å². The van der Waals surface area contributed by atoms with Crippen molar-refractivity contribution in [1.82, 2.24) is 15.5 Å². The number of carbonyl (C=O) groups is 3. The third-order valence-corrected chi connectivity index (χ3v) is 5.32. The van der Waals surface area contributed by atoms with Gasteiger partial charge in [-0.2, -0.15) is 0 Å². The first-order valence-corrected chi connectivity index (χ1v) is 14.3. The van der Waals surface area contributed by atoms with E-state index < -0.39 is 0 Å². The molecule has 0 radical (unpaired) electrons. The highest BCUT2D eigenvalue weighted by Crippen LogP contribution is 1.96. The van der Waals surface area contributed by atoms with E-state index >= 15 is 0 Å². The van der Waals surface area contributed by atoms with Gasteiger partial charge in [-0.25, -0.2) is 0 Å². The summed E-state index contributed by atoms with van der Waals surface area (Å²) in [7, 11) is 3.24. The lowest BCUT2D eigenvalue weighted by atomic mass is 10.3. The Morgan fingerprint density at radius 1 is 0.561 bits per heavy atom. The van der Waals surface area contributed by atoms with Crippen molar-refractivity contribution in [1.29, 1.82) is 0 Å². The van der Waals surface area contributed by atoms with Crippen molar-refractivity contribution in [3.8, 4) is 0 Å². The van der Waals surface area contributed by atoms with Crippen LogP contribution in [-0.2, 0) is 52.3 Å². The molecule has 0 heterocycles. The lowest BCUT2D eigenvalue weighted by molar-refractivity contribution is -0.136. The molecule has 0 aliphatic carbocycles. The van der Waals surface area contributed by atoms with Crippen molar-refractivity contribution in [2.75, 3.05) is 133 Å². The molecule has 0 aliphatic heterocycles. The maximum Gasteiger partial charge on any atom is 0.239 e. The summed E-state index contributed by atoms with van der Waals surface area (Å²) in [5.41, 5.74) is 0. The topological polar surface area (TPSA) is 152 Å². The third-order valence-electron chi connectivity index (χ3n) is 5.32. The van der Waals surface area contributed by atoms with Crippen LogP contribution < -0.4 is 10.6 Å². The van der Waals surface area contributed by atoms with E-state index in [-0.39, 0.29) is 30.7 Å². The van der Waals surface area contributed by atoms with Gasteiger partial charge in [-0.05, 0) is 6.42 Å². The van der Waals surface area contributed by atoms with Gasteiger partial charge in [-0.1, -0.05) is 6.92 Å². The molecule has 0 atom stereocenters. The lowest BCUT2D eigenvalue weighted by Gasteiger charge is -2.21. The van der Waals surface area contributed by atoms with Crippen molar-refractivity contribution in [2.45, 2.75) is 26.2 Å². The Morgan fingerprint density at radius 2 is 1.00 bits per heavy atom. The van der Waals surface area contributed by atoms with E-state index in [9.17, 15) is 14.4 Å². The smallest absolute Gasteiger partial charge is 0.239 e. The number of hydrogen-bond donors (Lipinski definition) is 2. The number of carbonyl (C=O) groups excluding carboxylic acids is 3. The molecule has 0 bridgehead atoms. The normalized spacial score (nSPS) is 11.0. The molecule has 0 fully saturated rings. The molecule has 0 aromatic carbocycles. The molecule has 0 saturated carbocycles. The summed E-state index contributed by atoms with van der Waals surface area (Å²) in [5.74, 6) is -0.524. The molecule has 0 spiro atoms. The maximum absolute atomic E-state index is 12.3. The molecule has 2 N–H and O–H groups in total. The summed E-state index contributed by atoms with van der Waals surface area (Å²) in [6.07, 6.45) is 1.06. The number of ether oxygens (including phenoxy) is 8. The van der Waals surface area contributed by atoms with Crippen LogP contribution in [0.5, 0.6) is 0 Å². The number of nitrogens with one attached hydrogen (secondary N) is 2. The van der Waals surface area contributed by atoms with Crippen molar-refractivity contribution in [3.05, 3.63) is 0 Å². The van der Waals surface area contributed by atoms with E-state index in [2.05, 4.69) is 10.6 Å². The molecular formula is C27H53N3O11. The summed E-state index contributed by atoms with van der Waals surface area (Å²) in [6, 6.07) is 0. The Labute approximate surface area is 244 Å². The fourth-order valence-electron chi connectivity index (χ4n) is 3.12. The highest BCUT2D eigenvalue weighted by molar-refractivity contribution is 5.84. The number of rotatable bonds is 31. The Morgan fingerprint density at radius 3 is 1.49 bits per heavy atom. The Kier molecular flexibility index (Phi) is 29.6. The first-order chi connectivity index (χ1) is 20.0. The van der Waals surface area contributed by atoms with Crippen molar-refractivity contribution in [3.63, 3.8) is 0 Å². The van der Waals surface area contributed by atoms with Crippen molar-refractivity contribution >= 4 is 17.7 Å². The molecule has 41 heavy (non-hydrogen) atoms. The fraction of sp³-hybridized carbons (Fsp3) is 0.889. The first kappa shape index (κ1) is 39.1. The number of nitrogens with zero attached hydrogens (tertiary/aromatic N) is 1. The zero-order valence-electron chi connectivity index (χ0n) is 25.3. The zero-order valence-corrected chi connectivity index (χ0v) is 25.3. The average Bonchev–Trinajstić information content (AvgIpc) is 2.97. The number of hydrogen-bond acceptors (Lipinski definition) is 11. The van der Waals surface area contributed by atoms with Crippen LogP contribution in [0.4, 0.5) is 0 Å². The third kappa shape index (κ3) is 28.0. The molecule has 14 heteroatoms. The van der Waals surface area contributed by atoms with Crippen LogP contribution >= 0.6 is 0 Å². The minimum absolute atomic E-state index is 0.0561. The first-order valence-electron chi connectivity index (χ1n) is 14.3. The highest BCUT2D eigenvalue weighted by Gasteiger charge is 2.15. The fourth-order valence-corrected chi connectivity index (χ4v) is 3.12. The van der Waals surface area contributed by atoms with Crippen molar-refractivity contribution < 1.29 is 52.3 Å². The van der Waals surface area contributed by atoms with Gasteiger partial charge in [-0.15, -0.1) is 0 Å². The highest BCUT2D eigenvalue weighted by atomic mass is 16.6. The van der Waals surface area contributed by atoms with E-state index in [1.54, 1.807) is 21.1 Å². The lowest BCUT2D eigenvalue weighted by Crippen LogP contribution is -2.42. The zero-order chi connectivity index (χ0) is 30.2. The standard InChI is InChI=1S/C27H53N3O11/c1-4-27(33)30(9-11-37-17-19-41-23-21-39-15-13-35-3)24-26(32)28-7-5-6-25(31)29-8-10-36-16-18-40-22-20-38-14-12-34-2/h4-24H2,1-3H3,(H,28,32)(H,29,31). The van der Waals surface area contributed by atoms with Gasteiger partial charge in [-0.3, -0.25) is 14.4 Å². The van der Waals surface area contributed by atoms with Gasteiger partial charge in [0.2, 0.25) is 17.7 Å². The minimum Gasteiger partial charge on any atom is -0.382 e. The second kappa shape index (κ2) is 31.0. The van der Waals surface area contributed by atoms with E-state index in [0.29, 0.717) is 125 Å². The molecule has 0 aromatic rings. The summed E-state index contributed by atoms with van der Waals surface area (Å²) < 4.78 is 42.0. The molecule has 0 saturated heterocycles. The second-order valence-corrected chi connectivity index (χ2v) is 8.63. The van der Waals surface area contributed by atoms with Gasteiger partial charge in [0.1, 0.15) is 0 Å². The van der Waals surface area contributed by atoms with Gasteiger partial charge in [0.25, 0.3) is 0 Å². The van der Waals surface area contributed by atoms with Crippen LogP contribution in [0.15, 0.2) is 0 Å². The van der Waals surface area contributed by atoms with Crippen LogP contribution in [0.2, 0.25) is 0 Å². The summed E-state index contributed by atoms with van der Waals surface area (Å²) >= 11 is 0. The van der Waals surface area contributed by atoms with E-state index in [1.807, 2.05) is 0 Å². The SMILES string of the molecule is CCC(=O)N(CCOCCOCCOCCOC)CC(=O)NCCCC(=O)NCCOCCOCCOCCOC. The summed E-state index contributed by atoms with van der Waals surface area (Å²) in [6.45, 7) is 9.25. The van der Waals surface area contributed by atoms with Gasteiger partial charge in [0, 0.05) is 46.7 Å². The van der Waals surface area contributed by atoms with E-state index in [4.69, 9.17) is 37.9 Å². The average molecular weight is 596 g/mol.